The summed E-state index contributed by atoms with van der Waals surface area (Å²) < 4.78 is 27.2. The number of rotatable bonds is 3. The molecule has 1 aliphatic rings. The molecule has 1 N–H and O–H groups in total. The van der Waals surface area contributed by atoms with E-state index in [1.54, 1.807) is 17.0 Å². The first kappa shape index (κ1) is 18.0. The summed E-state index contributed by atoms with van der Waals surface area (Å²) in [6.07, 6.45) is 1.55. The summed E-state index contributed by atoms with van der Waals surface area (Å²) in [5.41, 5.74) is 0.907. The molecule has 126 valence electrons. The Morgan fingerprint density at radius 3 is 2.39 bits per heavy atom. The number of phenolic OH excluding ortho intramolecular Hbond substituents is 1. The number of nitrogens with zero attached hydrogens (tertiary/aromatic N) is 2. The van der Waals surface area contributed by atoms with Gasteiger partial charge in [0.2, 0.25) is 15.9 Å². The van der Waals surface area contributed by atoms with E-state index >= 15 is 0 Å². The number of amides is 1. The molecule has 8 heteroatoms. The van der Waals surface area contributed by atoms with E-state index in [0.29, 0.717) is 17.6 Å². The molecule has 0 aliphatic carbocycles. The highest BCUT2D eigenvalue weighted by atomic mass is 79.9. The molecule has 0 radical (unpaired) electrons. The summed E-state index contributed by atoms with van der Waals surface area (Å²) in [6, 6.07) is 4.29. The third-order valence-electron chi connectivity index (χ3n) is 3.50. The van der Waals surface area contributed by atoms with Gasteiger partial charge < -0.3 is 10.0 Å². The minimum Gasteiger partial charge on any atom is -0.507 e. The Hall–Kier alpha value is -1.38. The number of hydrogen-bond donors (Lipinski definition) is 1. The lowest BCUT2D eigenvalue weighted by Crippen LogP contribution is -2.50. The molecule has 1 heterocycles. The maximum atomic E-state index is 12.6. The third-order valence-corrected chi connectivity index (χ3v) is 5.92. The van der Waals surface area contributed by atoms with Crippen molar-refractivity contribution >= 4 is 31.9 Å². The molecule has 1 aromatic rings. The molecule has 1 fully saturated rings. The molecule has 6 nitrogen and oxygen atoms in total. The largest absolute Gasteiger partial charge is 0.507 e. The van der Waals surface area contributed by atoms with Crippen LogP contribution < -0.4 is 0 Å². The summed E-state index contributed by atoms with van der Waals surface area (Å²) in [5, 5.41) is 9.84. The van der Waals surface area contributed by atoms with Crippen LogP contribution in [0.4, 0.5) is 0 Å². The van der Waals surface area contributed by atoms with Gasteiger partial charge in [-0.15, -0.1) is 0 Å². The van der Waals surface area contributed by atoms with Crippen LogP contribution in [0.5, 0.6) is 5.75 Å². The van der Waals surface area contributed by atoms with Crippen LogP contribution in [0.3, 0.4) is 0 Å². The van der Waals surface area contributed by atoms with Crippen LogP contribution in [-0.4, -0.2) is 54.8 Å². The molecule has 1 saturated heterocycles. The van der Waals surface area contributed by atoms with Crippen molar-refractivity contribution in [1.29, 1.82) is 0 Å². The SMILES string of the molecule is CC(C)=CC(=O)N1CCN(S(=O)(=O)c2cc(Br)ccc2O)CC1. The van der Waals surface area contributed by atoms with Crippen LogP contribution >= 0.6 is 15.9 Å². The fourth-order valence-electron chi connectivity index (χ4n) is 2.32. The highest BCUT2D eigenvalue weighted by Gasteiger charge is 2.31. The second kappa shape index (κ2) is 7.02. The summed E-state index contributed by atoms with van der Waals surface area (Å²) in [7, 11) is -3.79. The number of sulfonamides is 1. The molecule has 23 heavy (non-hydrogen) atoms. The number of phenols is 1. The maximum absolute atomic E-state index is 12.6. The van der Waals surface area contributed by atoms with E-state index in [1.807, 2.05) is 13.8 Å². The highest BCUT2D eigenvalue weighted by molar-refractivity contribution is 9.10. The average Bonchev–Trinajstić information content (AvgIpc) is 2.49. The van der Waals surface area contributed by atoms with E-state index in [2.05, 4.69) is 15.9 Å². The van der Waals surface area contributed by atoms with E-state index in [-0.39, 0.29) is 29.6 Å². The van der Waals surface area contributed by atoms with Crippen molar-refractivity contribution in [2.45, 2.75) is 18.7 Å². The van der Waals surface area contributed by atoms with Gasteiger partial charge in [0.05, 0.1) is 0 Å². The minimum atomic E-state index is -3.79. The normalized spacial score (nSPS) is 16.2. The second-order valence-corrected chi connectivity index (χ2v) is 8.39. The number of piperazine rings is 1. The van der Waals surface area contributed by atoms with Gasteiger partial charge in [0.25, 0.3) is 0 Å². The van der Waals surface area contributed by atoms with Crippen LogP contribution in [0.1, 0.15) is 13.8 Å². The lowest BCUT2D eigenvalue weighted by Gasteiger charge is -2.33. The number of carbonyl (C=O) groups excluding carboxylic acids is 1. The van der Waals surface area contributed by atoms with Gasteiger partial charge in [0.1, 0.15) is 10.6 Å². The van der Waals surface area contributed by atoms with Gasteiger partial charge >= 0.3 is 0 Å². The average molecular weight is 403 g/mol. The fraction of sp³-hybridized carbons (Fsp3) is 0.400. The first-order valence-corrected chi connectivity index (χ1v) is 9.37. The highest BCUT2D eigenvalue weighted by Crippen LogP contribution is 2.29. The van der Waals surface area contributed by atoms with Gasteiger partial charge in [-0.3, -0.25) is 4.79 Å². The topological polar surface area (TPSA) is 77.9 Å². The molecular weight excluding hydrogens is 384 g/mol. The predicted octanol–water partition coefficient (Wildman–Crippen LogP) is 1.95. The van der Waals surface area contributed by atoms with Gasteiger partial charge in [-0.05, 0) is 32.0 Å². The number of halogens is 1. The van der Waals surface area contributed by atoms with Crippen molar-refractivity contribution in [2.24, 2.45) is 0 Å². The lowest BCUT2D eigenvalue weighted by atomic mass is 10.3. The molecule has 0 bridgehead atoms. The first-order chi connectivity index (χ1) is 10.7. The molecule has 1 aromatic carbocycles. The van der Waals surface area contributed by atoms with Gasteiger partial charge in [0, 0.05) is 36.7 Å². The van der Waals surface area contributed by atoms with Crippen LogP contribution in [0, 0.1) is 0 Å². The quantitative estimate of drug-likeness (QED) is 0.783. The molecule has 2 rings (SSSR count). The first-order valence-electron chi connectivity index (χ1n) is 7.14. The second-order valence-electron chi connectivity index (χ2n) is 5.56. The summed E-state index contributed by atoms with van der Waals surface area (Å²) in [6.45, 7) is 4.75. The van der Waals surface area contributed by atoms with Crippen LogP contribution in [0.25, 0.3) is 0 Å². The monoisotopic (exact) mass is 402 g/mol. The summed E-state index contributed by atoms with van der Waals surface area (Å²) in [5.74, 6) is -0.386. The van der Waals surface area contributed by atoms with Gasteiger partial charge in [-0.1, -0.05) is 21.5 Å². The zero-order chi connectivity index (χ0) is 17.2. The van der Waals surface area contributed by atoms with Crippen molar-refractivity contribution in [2.75, 3.05) is 26.2 Å². The van der Waals surface area contributed by atoms with E-state index in [0.717, 1.165) is 5.57 Å². The van der Waals surface area contributed by atoms with E-state index < -0.39 is 10.0 Å². The van der Waals surface area contributed by atoms with Gasteiger partial charge in [-0.2, -0.15) is 4.31 Å². The van der Waals surface area contributed by atoms with Crippen molar-refractivity contribution in [3.8, 4) is 5.75 Å². The molecular formula is C15H19BrN2O4S. The van der Waals surface area contributed by atoms with E-state index in [9.17, 15) is 18.3 Å². The number of carbonyl (C=O) groups is 1. The van der Waals surface area contributed by atoms with Crippen LogP contribution in [0.15, 0.2) is 39.2 Å². The maximum Gasteiger partial charge on any atom is 0.246 e. The van der Waals surface area contributed by atoms with Crippen LogP contribution in [-0.2, 0) is 14.8 Å². The zero-order valence-corrected chi connectivity index (χ0v) is 15.4. The molecule has 1 amide bonds. The Kier molecular flexibility index (Phi) is 5.49. The Labute approximate surface area is 144 Å². The summed E-state index contributed by atoms with van der Waals surface area (Å²) >= 11 is 3.21. The smallest absolute Gasteiger partial charge is 0.246 e. The van der Waals surface area contributed by atoms with E-state index in [1.165, 1.54) is 16.4 Å². The van der Waals surface area contributed by atoms with Gasteiger partial charge in [-0.25, -0.2) is 8.42 Å². The fourth-order valence-corrected chi connectivity index (χ4v) is 4.36. The van der Waals surface area contributed by atoms with Crippen molar-refractivity contribution in [3.63, 3.8) is 0 Å². The molecule has 0 unspecified atom stereocenters. The summed E-state index contributed by atoms with van der Waals surface area (Å²) in [4.78, 5) is 13.5. The van der Waals surface area contributed by atoms with Gasteiger partial charge in [0.15, 0.2) is 0 Å². The number of allylic oxidation sites excluding steroid dienone is 1. The van der Waals surface area contributed by atoms with Crippen LogP contribution in [0.2, 0.25) is 0 Å². The Balaban J connectivity index is 2.14. The van der Waals surface area contributed by atoms with E-state index in [4.69, 9.17) is 0 Å². The minimum absolute atomic E-state index is 0.104. The number of hydrogen-bond acceptors (Lipinski definition) is 4. The predicted molar refractivity (Wildman–Crippen MR) is 90.6 cm³/mol. The third kappa shape index (κ3) is 4.13. The lowest BCUT2D eigenvalue weighted by molar-refractivity contribution is -0.127. The van der Waals surface area contributed by atoms with Crippen molar-refractivity contribution in [3.05, 3.63) is 34.3 Å². The number of benzene rings is 1. The molecule has 1 aliphatic heterocycles. The number of aromatic hydroxyl groups is 1. The van der Waals surface area contributed by atoms with Crippen molar-refractivity contribution < 1.29 is 18.3 Å². The molecule has 0 aromatic heterocycles. The Morgan fingerprint density at radius 1 is 1.22 bits per heavy atom. The zero-order valence-electron chi connectivity index (χ0n) is 13.0. The van der Waals surface area contributed by atoms with Crippen molar-refractivity contribution in [1.82, 2.24) is 9.21 Å². The standard InChI is InChI=1S/C15H19BrN2O4S/c1-11(2)9-15(20)17-5-7-18(8-6-17)23(21,22)14-10-12(16)3-4-13(14)19/h3-4,9-10,19H,5-8H2,1-2H3. The molecule has 0 spiro atoms. The Morgan fingerprint density at radius 2 is 1.83 bits per heavy atom. The Bertz CT molecular complexity index is 734. The molecule has 0 atom stereocenters. The molecule has 0 saturated carbocycles.